The van der Waals surface area contributed by atoms with Gasteiger partial charge in [-0.3, -0.25) is 4.68 Å². The van der Waals surface area contributed by atoms with Crippen molar-refractivity contribution in [1.82, 2.24) is 15.1 Å². The van der Waals surface area contributed by atoms with E-state index < -0.39 is 0 Å². The smallest absolute Gasteiger partial charge is 0.165 e. The Kier molecular flexibility index (Phi) is 5.75. The fourth-order valence-electron chi connectivity index (χ4n) is 2.06. The highest BCUT2D eigenvalue weighted by Gasteiger charge is 2.10. The number of para-hydroxylation sites is 1. The van der Waals surface area contributed by atoms with E-state index in [9.17, 15) is 4.39 Å². The van der Waals surface area contributed by atoms with Gasteiger partial charge in [-0.1, -0.05) is 19.1 Å². The molecule has 0 aliphatic rings. The molecule has 0 saturated heterocycles. The molecule has 21 heavy (non-hydrogen) atoms. The first-order chi connectivity index (χ1) is 10.2. The van der Waals surface area contributed by atoms with Crippen molar-refractivity contribution >= 4 is 0 Å². The number of aryl methyl sites for hydroxylation is 1. The van der Waals surface area contributed by atoms with E-state index in [1.54, 1.807) is 12.3 Å². The Bertz CT molecular complexity index is 568. The van der Waals surface area contributed by atoms with Crippen molar-refractivity contribution in [2.75, 3.05) is 6.54 Å². The summed E-state index contributed by atoms with van der Waals surface area (Å²) in [4.78, 5) is 0. The molecule has 0 saturated carbocycles. The van der Waals surface area contributed by atoms with Crippen molar-refractivity contribution in [1.29, 1.82) is 0 Å². The van der Waals surface area contributed by atoms with Crippen molar-refractivity contribution in [2.24, 2.45) is 0 Å². The summed E-state index contributed by atoms with van der Waals surface area (Å²) in [6.45, 7) is 6.76. The van der Waals surface area contributed by atoms with Gasteiger partial charge in [-0.05, 0) is 26.0 Å². The number of rotatable bonds is 8. The van der Waals surface area contributed by atoms with Crippen LogP contribution >= 0.6 is 0 Å². The first-order valence-corrected chi connectivity index (χ1v) is 7.36. The number of hydrogen-bond donors (Lipinski definition) is 1. The molecule has 1 aromatic heterocycles. The maximum atomic E-state index is 14.0. The molecule has 0 unspecified atom stereocenters. The maximum absolute atomic E-state index is 14.0. The van der Waals surface area contributed by atoms with E-state index in [-0.39, 0.29) is 5.82 Å². The molecule has 4 nitrogen and oxygen atoms in total. The third kappa shape index (κ3) is 4.29. The number of aromatic nitrogens is 2. The van der Waals surface area contributed by atoms with Gasteiger partial charge in [0.2, 0.25) is 0 Å². The van der Waals surface area contributed by atoms with Crippen LogP contribution < -0.4 is 10.1 Å². The third-order valence-corrected chi connectivity index (χ3v) is 3.18. The normalized spacial score (nSPS) is 10.8. The third-order valence-electron chi connectivity index (χ3n) is 3.18. The van der Waals surface area contributed by atoms with E-state index in [2.05, 4.69) is 17.3 Å². The van der Waals surface area contributed by atoms with Crippen LogP contribution in [-0.2, 0) is 19.7 Å². The lowest BCUT2D eigenvalue weighted by Gasteiger charge is -2.12. The van der Waals surface area contributed by atoms with Crippen LogP contribution in [-0.4, -0.2) is 16.3 Å². The summed E-state index contributed by atoms with van der Waals surface area (Å²) >= 11 is 0. The van der Waals surface area contributed by atoms with Gasteiger partial charge in [-0.25, -0.2) is 4.39 Å². The summed E-state index contributed by atoms with van der Waals surface area (Å²) in [7, 11) is 0. The molecule has 2 aromatic rings. The highest BCUT2D eigenvalue weighted by atomic mass is 19.1. The Balaban J connectivity index is 2.03. The molecule has 1 heterocycles. The monoisotopic (exact) mass is 291 g/mol. The van der Waals surface area contributed by atoms with Crippen LogP contribution in [0.4, 0.5) is 4.39 Å². The van der Waals surface area contributed by atoms with Crippen LogP contribution in [0.15, 0.2) is 30.6 Å². The average Bonchev–Trinajstić information content (AvgIpc) is 2.95. The van der Waals surface area contributed by atoms with Gasteiger partial charge in [-0.15, -0.1) is 0 Å². The van der Waals surface area contributed by atoms with Crippen LogP contribution in [0, 0.1) is 5.82 Å². The summed E-state index contributed by atoms with van der Waals surface area (Å²) in [6.07, 6.45) is 4.71. The summed E-state index contributed by atoms with van der Waals surface area (Å²) in [5.74, 6) is -0.000895. The van der Waals surface area contributed by atoms with Crippen molar-refractivity contribution in [3.05, 3.63) is 47.5 Å². The standard InChI is InChI=1S/C16H22FN3O/c1-3-8-18-10-14-6-5-7-15(17)16(14)21-12-13-9-19-20(4-2)11-13/h5-7,9,11,18H,3-4,8,10,12H2,1-2H3. The molecular formula is C16H22FN3O. The van der Waals surface area contributed by atoms with Crippen molar-refractivity contribution in [3.63, 3.8) is 0 Å². The SMILES string of the molecule is CCCNCc1cccc(F)c1OCc1cnn(CC)c1. The first kappa shape index (κ1) is 15.5. The van der Waals surface area contributed by atoms with Crippen molar-refractivity contribution < 1.29 is 9.13 Å². The molecule has 0 atom stereocenters. The van der Waals surface area contributed by atoms with E-state index in [0.29, 0.717) is 18.9 Å². The zero-order valence-corrected chi connectivity index (χ0v) is 12.6. The lowest BCUT2D eigenvalue weighted by atomic mass is 10.2. The maximum Gasteiger partial charge on any atom is 0.165 e. The quantitative estimate of drug-likeness (QED) is 0.760. The second-order valence-corrected chi connectivity index (χ2v) is 4.90. The molecule has 0 amide bonds. The van der Waals surface area contributed by atoms with E-state index in [0.717, 1.165) is 30.6 Å². The lowest BCUT2D eigenvalue weighted by Crippen LogP contribution is -2.15. The van der Waals surface area contributed by atoms with Crippen LogP contribution in [0.2, 0.25) is 0 Å². The van der Waals surface area contributed by atoms with Crippen molar-refractivity contribution in [3.8, 4) is 5.75 Å². The minimum absolute atomic E-state index is 0.321. The van der Waals surface area contributed by atoms with E-state index in [4.69, 9.17) is 4.74 Å². The number of nitrogens with one attached hydrogen (secondary N) is 1. The lowest BCUT2D eigenvalue weighted by molar-refractivity contribution is 0.286. The molecule has 5 heteroatoms. The molecule has 0 aliphatic heterocycles. The number of nitrogens with zero attached hydrogens (tertiary/aromatic N) is 2. The highest BCUT2D eigenvalue weighted by Crippen LogP contribution is 2.23. The van der Waals surface area contributed by atoms with Gasteiger partial charge in [0.15, 0.2) is 11.6 Å². The molecule has 0 fully saturated rings. The Morgan fingerprint density at radius 2 is 2.19 bits per heavy atom. The van der Waals surface area contributed by atoms with E-state index in [1.807, 2.05) is 23.9 Å². The molecule has 2 rings (SSSR count). The summed E-state index contributed by atoms with van der Waals surface area (Å²) < 4.78 is 21.5. The Labute approximate surface area is 124 Å². The Morgan fingerprint density at radius 3 is 2.90 bits per heavy atom. The van der Waals surface area contributed by atoms with Gasteiger partial charge in [0.1, 0.15) is 6.61 Å². The van der Waals surface area contributed by atoms with E-state index in [1.165, 1.54) is 6.07 Å². The molecule has 0 radical (unpaired) electrons. The predicted octanol–water partition coefficient (Wildman–Crippen LogP) is 3.12. The van der Waals surface area contributed by atoms with Crippen LogP contribution in [0.1, 0.15) is 31.4 Å². The minimum atomic E-state index is -0.325. The zero-order chi connectivity index (χ0) is 15.1. The molecule has 0 spiro atoms. The number of hydrogen-bond acceptors (Lipinski definition) is 3. The second kappa shape index (κ2) is 7.78. The molecular weight excluding hydrogens is 269 g/mol. The van der Waals surface area contributed by atoms with Gasteiger partial charge in [0.05, 0.1) is 6.20 Å². The minimum Gasteiger partial charge on any atom is -0.485 e. The Morgan fingerprint density at radius 1 is 1.33 bits per heavy atom. The summed E-state index contributed by atoms with van der Waals surface area (Å²) in [5, 5.41) is 7.45. The Hall–Kier alpha value is -1.88. The average molecular weight is 291 g/mol. The second-order valence-electron chi connectivity index (χ2n) is 4.90. The summed E-state index contributed by atoms with van der Waals surface area (Å²) in [6, 6.07) is 5.02. The van der Waals surface area contributed by atoms with Gasteiger partial charge in [-0.2, -0.15) is 5.10 Å². The zero-order valence-electron chi connectivity index (χ0n) is 12.6. The summed E-state index contributed by atoms with van der Waals surface area (Å²) in [5.41, 5.74) is 1.78. The van der Waals surface area contributed by atoms with Crippen LogP contribution in [0.5, 0.6) is 5.75 Å². The van der Waals surface area contributed by atoms with Gasteiger partial charge >= 0.3 is 0 Å². The molecule has 1 N–H and O–H groups in total. The van der Waals surface area contributed by atoms with E-state index >= 15 is 0 Å². The molecule has 114 valence electrons. The van der Waals surface area contributed by atoms with Gasteiger partial charge in [0.25, 0.3) is 0 Å². The van der Waals surface area contributed by atoms with Gasteiger partial charge in [0, 0.05) is 30.4 Å². The van der Waals surface area contributed by atoms with Crippen LogP contribution in [0.25, 0.3) is 0 Å². The number of ether oxygens (including phenoxy) is 1. The van der Waals surface area contributed by atoms with Crippen molar-refractivity contribution in [2.45, 2.75) is 40.0 Å². The molecule has 0 aliphatic carbocycles. The molecule has 0 bridgehead atoms. The fourth-order valence-corrected chi connectivity index (χ4v) is 2.06. The topological polar surface area (TPSA) is 39.1 Å². The molecule has 1 aromatic carbocycles. The fraction of sp³-hybridized carbons (Fsp3) is 0.438. The largest absolute Gasteiger partial charge is 0.485 e. The van der Waals surface area contributed by atoms with Gasteiger partial charge < -0.3 is 10.1 Å². The predicted molar refractivity (Wildman–Crippen MR) is 80.6 cm³/mol. The van der Waals surface area contributed by atoms with Crippen LogP contribution in [0.3, 0.4) is 0 Å². The first-order valence-electron chi connectivity index (χ1n) is 7.36. The number of benzene rings is 1. The highest BCUT2D eigenvalue weighted by molar-refractivity contribution is 5.35. The number of halogens is 1.